The molecule has 0 saturated carbocycles. The quantitative estimate of drug-likeness (QED) is 0.849. The lowest BCUT2D eigenvalue weighted by molar-refractivity contribution is 0.0288. The number of halogens is 2. The van der Waals surface area contributed by atoms with E-state index in [-0.39, 0.29) is 11.0 Å². The third-order valence-corrected chi connectivity index (χ3v) is 2.86. The Bertz CT molecular complexity index is 371. The maximum absolute atomic E-state index is 13.6. The van der Waals surface area contributed by atoms with Gasteiger partial charge in [-0.3, -0.25) is 0 Å². The zero-order valence-electron chi connectivity index (χ0n) is 10.8. The molecule has 1 atom stereocenters. The van der Waals surface area contributed by atoms with Crippen molar-refractivity contribution in [2.24, 2.45) is 5.41 Å². The Hall–Kier alpha value is -0.960. The normalized spacial score (nSPS) is 15.7. The summed E-state index contributed by atoms with van der Waals surface area (Å²) in [5.41, 5.74) is -1.68. The van der Waals surface area contributed by atoms with Crippen molar-refractivity contribution < 1.29 is 13.9 Å². The topological polar surface area (TPSA) is 20.2 Å². The first-order chi connectivity index (χ1) is 7.63. The maximum atomic E-state index is 13.6. The van der Waals surface area contributed by atoms with E-state index in [1.165, 1.54) is 25.1 Å². The highest BCUT2D eigenvalue weighted by molar-refractivity contribution is 5.25. The fraction of sp³-hybridized carbons (Fsp3) is 0.571. The second kappa shape index (κ2) is 4.73. The van der Waals surface area contributed by atoms with Gasteiger partial charge < -0.3 is 5.11 Å². The molecule has 1 N–H and O–H groups in total. The molecule has 3 heteroatoms. The fourth-order valence-electron chi connectivity index (χ4n) is 1.76. The molecule has 0 amide bonds. The third kappa shape index (κ3) is 3.77. The minimum atomic E-state index is -1.47. The van der Waals surface area contributed by atoms with Crippen LogP contribution in [0.1, 0.15) is 46.1 Å². The van der Waals surface area contributed by atoms with Crippen LogP contribution in [0, 0.1) is 17.0 Å². The molecule has 1 aromatic carbocycles. The van der Waals surface area contributed by atoms with Gasteiger partial charge in [0.05, 0.1) is 11.2 Å². The first-order valence-electron chi connectivity index (χ1n) is 5.80. The fourth-order valence-corrected chi connectivity index (χ4v) is 1.76. The molecule has 0 saturated heterocycles. The van der Waals surface area contributed by atoms with E-state index >= 15 is 0 Å². The van der Waals surface area contributed by atoms with E-state index in [1.807, 2.05) is 20.8 Å². The Morgan fingerprint density at radius 3 is 1.88 bits per heavy atom. The highest BCUT2D eigenvalue weighted by atomic mass is 19.1. The van der Waals surface area contributed by atoms with Crippen LogP contribution in [0.25, 0.3) is 0 Å². The van der Waals surface area contributed by atoms with Gasteiger partial charge in [0.15, 0.2) is 0 Å². The standard InChI is InChI=1S/C14H20F2O/c1-13(2,3)8-9-14(4,17)12-10(15)6-5-7-11(12)16/h5-7,17H,8-9H2,1-4H3. The zero-order valence-corrected chi connectivity index (χ0v) is 10.8. The highest BCUT2D eigenvalue weighted by Crippen LogP contribution is 2.34. The summed E-state index contributed by atoms with van der Waals surface area (Å²) in [5.74, 6) is -1.38. The molecule has 0 aliphatic heterocycles. The van der Waals surface area contributed by atoms with Crippen LogP contribution in [-0.2, 0) is 5.60 Å². The Kier molecular flexibility index (Phi) is 3.92. The van der Waals surface area contributed by atoms with Gasteiger partial charge in [-0.15, -0.1) is 0 Å². The lowest BCUT2D eigenvalue weighted by Gasteiger charge is -2.28. The molecule has 0 aliphatic carbocycles. The minimum absolute atomic E-state index is 0.0196. The largest absolute Gasteiger partial charge is 0.385 e. The van der Waals surface area contributed by atoms with E-state index in [0.717, 1.165) is 0 Å². The molecular formula is C14H20F2O. The van der Waals surface area contributed by atoms with Crippen molar-refractivity contribution in [1.29, 1.82) is 0 Å². The van der Waals surface area contributed by atoms with Crippen LogP contribution in [0.15, 0.2) is 18.2 Å². The molecular weight excluding hydrogens is 222 g/mol. The number of hydrogen-bond donors (Lipinski definition) is 1. The molecule has 0 aromatic heterocycles. The highest BCUT2D eigenvalue weighted by Gasteiger charge is 2.31. The van der Waals surface area contributed by atoms with Crippen molar-refractivity contribution in [2.45, 2.75) is 46.1 Å². The van der Waals surface area contributed by atoms with Crippen molar-refractivity contribution in [1.82, 2.24) is 0 Å². The van der Waals surface area contributed by atoms with E-state index in [1.54, 1.807) is 0 Å². The number of aliphatic hydroxyl groups is 1. The molecule has 1 aromatic rings. The minimum Gasteiger partial charge on any atom is -0.385 e. The zero-order chi connectivity index (χ0) is 13.3. The summed E-state index contributed by atoms with van der Waals surface area (Å²) >= 11 is 0. The second-order valence-corrected chi connectivity index (χ2v) is 5.93. The van der Waals surface area contributed by atoms with Crippen LogP contribution in [0.3, 0.4) is 0 Å². The van der Waals surface area contributed by atoms with E-state index in [2.05, 4.69) is 0 Å². The van der Waals surface area contributed by atoms with Crippen molar-refractivity contribution in [2.75, 3.05) is 0 Å². The van der Waals surface area contributed by atoms with Crippen LogP contribution in [0.5, 0.6) is 0 Å². The summed E-state index contributed by atoms with van der Waals surface area (Å²) in [5, 5.41) is 10.2. The Morgan fingerprint density at radius 1 is 1.00 bits per heavy atom. The van der Waals surface area contributed by atoms with Gasteiger partial charge in [0.2, 0.25) is 0 Å². The van der Waals surface area contributed by atoms with E-state index in [0.29, 0.717) is 12.8 Å². The van der Waals surface area contributed by atoms with Crippen LogP contribution >= 0.6 is 0 Å². The molecule has 0 spiro atoms. The molecule has 1 nitrogen and oxygen atoms in total. The van der Waals surface area contributed by atoms with Gasteiger partial charge in [-0.1, -0.05) is 26.8 Å². The predicted molar refractivity (Wildman–Crippen MR) is 64.6 cm³/mol. The molecule has 0 radical (unpaired) electrons. The molecule has 0 bridgehead atoms. The van der Waals surface area contributed by atoms with Crippen LogP contribution in [-0.4, -0.2) is 5.11 Å². The summed E-state index contributed by atoms with van der Waals surface area (Å²) in [6, 6.07) is 3.64. The molecule has 0 fully saturated rings. The lowest BCUT2D eigenvalue weighted by atomic mass is 9.82. The summed E-state index contributed by atoms with van der Waals surface area (Å²) < 4.78 is 27.1. The maximum Gasteiger partial charge on any atom is 0.132 e. The first-order valence-corrected chi connectivity index (χ1v) is 5.80. The molecule has 96 valence electrons. The molecule has 1 unspecified atom stereocenters. The summed E-state index contributed by atoms with van der Waals surface area (Å²) in [4.78, 5) is 0. The first kappa shape index (κ1) is 14.1. The van der Waals surface area contributed by atoms with Crippen LogP contribution in [0.2, 0.25) is 0 Å². The Morgan fingerprint density at radius 2 is 1.47 bits per heavy atom. The average molecular weight is 242 g/mol. The summed E-state index contributed by atoms with van der Waals surface area (Å²) in [6.07, 6.45) is 1.02. The molecule has 0 aliphatic rings. The van der Waals surface area contributed by atoms with Gasteiger partial charge in [-0.2, -0.15) is 0 Å². The van der Waals surface area contributed by atoms with Crippen molar-refractivity contribution >= 4 is 0 Å². The Balaban J connectivity index is 2.97. The molecule has 17 heavy (non-hydrogen) atoms. The molecule has 1 rings (SSSR count). The predicted octanol–water partition coefficient (Wildman–Crippen LogP) is 4.00. The van der Waals surface area contributed by atoms with Gasteiger partial charge in [0, 0.05) is 0 Å². The summed E-state index contributed by atoms with van der Waals surface area (Å²) in [7, 11) is 0. The average Bonchev–Trinajstić information content (AvgIpc) is 2.13. The monoisotopic (exact) mass is 242 g/mol. The Labute approximate surface area is 101 Å². The van der Waals surface area contributed by atoms with Crippen molar-refractivity contribution in [3.63, 3.8) is 0 Å². The van der Waals surface area contributed by atoms with Gasteiger partial charge in [0.25, 0.3) is 0 Å². The van der Waals surface area contributed by atoms with Gasteiger partial charge in [-0.25, -0.2) is 8.78 Å². The van der Waals surface area contributed by atoms with E-state index in [9.17, 15) is 13.9 Å². The van der Waals surface area contributed by atoms with E-state index in [4.69, 9.17) is 0 Å². The summed E-state index contributed by atoms with van der Waals surface area (Å²) in [6.45, 7) is 7.54. The van der Waals surface area contributed by atoms with Gasteiger partial charge >= 0.3 is 0 Å². The van der Waals surface area contributed by atoms with Gasteiger partial charge in [0.1, 0.15) is 11.6 Å². The van der Waals surface area contributed by atoms with Crippen molar-refractivity contribution in [3.8, 4) is 0 Å². The molecule has 0 heterocycles. The van der Waals surface area contributed by atoms with Crippen LogP contribution in [0.4, 0.5) is 8.78 Å². The third-order valence-electron chi connectivity index (χ3n) is 2.86. The van der Waals surface area contributed by atoms with Crippen molar-refractivity contribution in [3.05, 3.63) is 35.4 Å². The lowest BCUT2D eigenvalue weighted by Crippen LogP contribution is -2.26. The second-order valence-electron chi connectivity index (χ2n) is 5.93. The van der Waals surface area contributed by atoms with Crippen LogP contribution < -0.4 is 0 Å². The number of rotatable bonds is 3. The number of hydrogen-bond acceptors (Lipinski definition) is 1. The van der Waals surface area contributed by atoms with Gasteiger partial charge in [-0.05, 0) is 37.3 Å². The SMILES string of the molecule is CC(C)(C)CCC(C)(O)c1c(F)cccc1F. The smallest absolute Gasteiger partial charge is 0.132 e. The number of benzene rings is 1. The van der Waals surface area contributed by atoms with E-state index < -0.39 is 17.2 Å².